The molecule has 3 rings (SSSR count). The molecule has 20 heavy (non-hydrogen) atoms. The van der Waals surface area contributed by atoms with Gasteiger partial charge in [0.1, 0.15) is 0 Å². The molecule has 0 saturated heterocycles. The van der Waals surface area contributed by atoms with Crippen LogP contribution in [0.4, 0.5) is 0 Å². The van der Waals surface area contributed by atoms with Crippen LogP contribution in [-0.4, -0.2) is 0 Å². The first kappa shape index (κ1) is 5.57. The molecule has 0 nitrogen and oxygen atoms in total. The summed E-state index contributed by atoms with van der Waals surface area (Å²) in [5.74, 6) is 0. The fourth-order valence-electron chi connectivity index (χ4n) is 2.12. The van der Waals surface area contributed by atoms with Crippen molar-refractivity contribution in [3.05, 3.63) is 83.7 Å². The fraction of sp³-hybridized carbons (Fsp3) is 0.100. The second kappa shape index (κ2) is 5.34. The van der Waals surface area contributed by atoms with E-state index in [-0.39, 0.29) is 35.3 Å². The number of hydrogen-bond donors (Lipinski definition) is 0. The van der Waals surface area contributed by atoms with E-state index in [0.717, 1.165) is 0 Å². The first-order valence-corrected chi connectivity index (χ1v) is 6.15. The number of hydrogen-bond acceptors (Lipinski definition) is 0. The van der Waals surface area contributed by atoms with Crippen molar-refractivity contribution in [2.45, 2.75) is 13.8 Å². The largest absolute Gasteiger partial charge is 0.0629 e. The Kier molecular flexibility index (Phi) is 1.49. The van der Waals surface area contributed by atoms with Crippen molar-refractivity contribution in [3.8, 4) is 22.3 Å². The van der Waals surface area contributed by atoms with Gasteiger partial charge in [0, 0.05) is 0 Å². The lowest BCUT2D eigenvalue weighted by atomic mass is 9.92. The highest BCUT2D eigenvalue weighted by molar-refractivity contribution is 5.76. The molecule has 0 N–H and O–H groups in total. The third-order valence-electron chi connectivity index (χ3n) is 3.11. The van der Waals surface area contributed by atoms with Crippen molar-refractivity contribution in [3.63, 3.8) is 0 Å². The summed E-state index contributed by atoms with van der Waals surface area (Å²) >= 11 is 0. The molecule has 0 bridgehead atoms. The van der Waals surface area contributed by atoms with E-state index in [1.165, 1.54) is 0 Å². The van der Waals surface area contributed by atoms with E-state index in [4.69, 9.17) is 13.7 Å². The summed E-state index contributed by atoms with van der Waals surface area (Å²) in [4.78, 5) is 0. The van der Waals surface area contributed by atoms with Crippen LogP contribution in [-0.2, 0) is 0 Å². The van der Waals surface area contributed by atoms with E-state index in [1.807, 2.05) is 0 Å². The Labute approximate surface area is 134 Å². The van der Waals surface area contributed by atoms with Gasteiger partial charge in [-0.2, -0.15) is 0 Å². The first-order chi connectivity index (χ1) is 13.9. The van der Waals surface area contributed by atoms with Gasteiger partial charge in [-0.25, -0.2) is 0 Å². The summed E-state index contributed by atoms with van der Waals surface area (Å²) in [6, 6.07) is -0.710. The van der Waals surface area contributed by atoms with Crippen LogP contribution in [0, 0.1) is 13.8 Å². The highest BCUT2D eigenvalue weighted by atomic mass is 14.1. The average Bonchev–Trinajstić information content (AvgIpc) is 2.71. The molecule has 0 unspecified atom stereocenters. The molecule has 0 fully saturated rings. The number of rotatable bonds is 2. The van der Waals surface area contributed by atoms with Crippen LogP contribution in [0.25, 0.3) is 22.3 Å². The van der Waals surface area contributed by atoms with Crippen LogP contribution < -0.4 is 0 Å². The van der Waals surface area contributed by atoms with Crippen LogP contribution in [0.15, 0.2) is 72.6 Å². The highest BCUT2D eigenvalue weighted by Gasteiger charge is 2.07. The molecule has 0 aliphatic rings. The SMILES string of the molecule is [2H]c1c([2H])c([2H])c(-c2cc(C)c(-c3c([2H])c([2H])c([2H])c([2H])c3[2H])cc2C)c([2H])c1[2H]. The molecule has 98 valence electrons. The molecule has 0 heterocycles. The monoisotopic (exact) mass is 268 g/mol. The minimum atomic E-state index is -0.473. The topological polar surface area (TPSA) is 0 Å². The van der Waals surface area contributed by atoms with E-state index < -0.39 is 36.3 Å². The van der Waals surface area contributed by atoms with Crippen LogP contribution in [0.3, 0.4) is 0 Å². The Hall–Kier alpha value is -2.34. The summed E-state index contributed by atoms with van der Waals surface area (Å²) in [5, 5.41) is 0. The Morgan fingerprint density at radius 1 is 0.600 bits per heavy atom. The zero-order valence-corrected chi connectivity index (χ0v) is 11.2. The standard InChI is InChI=1S/C20H18/c1-15-13-20(18-11-7-4-8-12-18)16(2)14-19(15)17-9-5-3-6-10-17/h3-14H,1-2H3/i3D,4D,5D,6D,7D,8D,9D,10D,11D,12D. The molecule has 0 saturated carbocycles. The molecule has 0 spiro atoms. The fourth-order valence-corrected chi connectivity index (χ4v) is 2.12. The van der Waals surface area contributed by atoms with Gasteiger partial charge in [-0.05, 0) is 47.2 Å². The molecule has 0 amide bonds. The van der Waals surface area contributed by atoms with Crippen molar-refractivity contribution in [1.82, 2.24) is 0 Å². The van der Waals surface area contributed by atoms with Gasteiger partial charge in [0.05, 0.1) is 13.7 Å². The Morgan fingerprint density at radius 3 is 1.30 bits per heavy atom. The summed E-state index contributed by atoms with van der Waals surface area (Å²) in [7, 11) is 0. The first-order valence-electron chi connectivity index (χ1n) is 11.2. The minimum Gasteiger partial charge on any atom is -0.0622 e. The lowest BCUT2D eigenvalue weighted by Gasteiger charge is -2.13. The normalized spacial score (nSPS) is 17.5. The summed E-state index contributed by atoms with van der Waals surface area (Å²) < 4.78 is 79.9. The average molecular weight is 268 g/mol. The summed E-state index contributed by atoms with van der Waals surface area (Å²) in [6.45, 7) is 3.38. The molecule has 0 aliphatic heterocycles. The molecule has 0 aromatic heterocycles. The van der Waals surface area contributed by atoms with E-state index in [0.29, 0.717) is 22.3 Å². The van der Waals surface area contributed by atoms with Gasteiger partial charge in [0.2, 0.25) is 0 Å². The molecule has 0 aliphatic carbocycles. The molecule has 0 heteroatoms. The van der Waals surface area contributed by atoms with Gasteiger partial charge >= 0.3 is 0 Å². The van der Waals surface area contributed by atoms with E-state index in [1.54, 1.807) is 26.0 Å². The van der Waals surface area contributed by atoms with Crippen molar-refractivity contribution < 1.29 is 13.7 Å². The van der Waals surface area contributed by atoms with Gasteiger partial charge in [-0.15, -0.1) is 0 Å². The van der Waals surface area contributed by atoms with Gasteiger partial charge in [0.25, 0.3) is 0 Å². The van der Waals surface area contributed by atoms with Gasteiger partial charge < -0.3 is 0 Å². The van der Waals surface area contributed by atoms with Gasteiger partial charge in [0.15, 0.2) is 0 Å². The van der Waals surface area contributed by atoms with E-state index >= 15 is 0 Å². The van der Waals surface area contributed by atoms with Crippen molar-refractivity contribution in [2.75, 3.05) is 0 Å². The minimum absolute atomic E-state index is 0.0641. The van der Waals surface area contributed by atoms with Crippen LogP contribution in [0.1, 0.15) is 24.8 Å². The second-order valence-corrected chi connectivity index (χ2v) is 4.48. The van der Waals surface area contributed by atoms with Crippen LogP contribution >= 0.6 is 0 Å². The maximum atomic E-state index is 8.20. The lowest BCUT2D eigenvalue weighted by Crippen LogP contribution is -1.89. The number of benzene rings is 3. The quantitative estimate of drug-likeness (QED) is 0.564. The Balaban J connectivity index is 2.34. The van der Waals surface area contributed by atoms with E-state index in [9.17, 15) is 0 Å². The summed E-state index contributed by atoms with van der Waals surface area (Å²) in [6.07, 6.45) is 0. The van der Waals surface area contributed by atoms with Crippen molar-refractivity contribution >= 4 is 0 Å². The maximum Gasteiger partial charge on any atom is 0.0629 e. The smallest absolute Gasteiger partial charge is 0.0622 e. The highest BCUT2D eigenvalue weighted by Crippen LogP contribution is 2.31. The molecule has 0 atom stereocenters. The predicted molar refractivity (Wildman–Crippen MR) is 86.8 cm³/mol. The number of aryl methyl sites for hydroxylation is 2. The zero-order valence-electron chi connectivity index (χ0n) is 21.2. The molecule has 0 radical (unpaired) electrons. The maximum absolute atomic E-state index is 8.20. The lowest BCUT2D eigenvalue weighted by molar-refractivity contribution is 1.39. The third-order valence-corrected chi connectivity index (χ3v) is 3.11. The van der Waals surface area contributed by atoms with Crippen molar-refractivity contribution in [2.24, 2.45) is 0 Å². The Morgan fingerprint density at radius 2 is 0.950 bits per heavy atom. The van der Waals surface area contributed by atoms with Gasteiger partial charge in [-0.1, -0.05) is 72.6 Å². The molecule has 3 aromatic carbocycles. The summed E-state index contributed by atoms with van der Waals surface area (Å²) in [5.41, 5.74) is 2.10. The van der Waals surface area contributed by atoms with Crippen LogP contribution in [0.2, 0.25) is 0 Å². The van der Waals surface area contributed by atoms with Gasteiger partial charge in [-0.3, -0.25) is 0 Å². The molecular formula is C20H18. The predicted octanol–water partition coefficient (Wildman–Crippen LogP) is 5.64. The van der Waals surface area contributed by atoms with Crippen LogP contribution in [0.5, 0.6) is 0 Å². The third kappa shape index (κ3) is 2.37. The Bertz CT molecular complexity index is 1060. The molecular weight excluding hydrogens is 240 g/mol. The molecule has 3 aromatic rings. The van der Waals surface area contributed by atoms with E-state index in [2.05, 4.69) is 0 Å². The van der Waals surface area contributed by atoms with Crippen molar-refractivity contribution in [1.29, 1.82) is 0 Å². The zero-order chi connectivity index (χ0) is 22.7. The second-order valence-electron chi connectivity index (χ2n) is 4.48.